The molecule has 1 aliphatic heterocycles. The second-order valence-corrected chi connectivity index (χ2v) is 7.78. The van der Waals surface area contributed by atoms with Crippen molar-refractivity contribution >= 4 is 41.0 Å². The number of hydrogen-bond donors (Lipinski definition) is 1. The van der Waals surface area contributed by atoms with Crippen molar-refractivity contribution in [2.24, 2.45) is 0 Å². The van der Waals surface area contributed by atoms with Crippen LogP contribution in [0.4, 0.5) is 0 Å². The minimum Gasteiger partial charge on any atom is -0.354 e. The summed E-state index contributed by atoms with van der Waals surface area (Å²) in [4.78, 5) is 18.2. The van der Waals surface area contributed by atoms with Gasteiger partial charge in [0.25, 0.3) is 0 Å². The third-order valence-electron chi connectivity index (χ3n) is 4.31. The largest absolute Gasteiger partial charge is 0.354 e. The van der Waals surface area contributed by atoms with E-state index in [1.165, 1.54) is 5.56 Å². The first-order valence-electron chi connectivity index (χ1n) is 7.96. The summed E-state index contributed by atoms with van der Waals surface area (Å²) < 4.78 is 0. The lowest BCUT2D eigenvalue weighted by Gasteiger charge is -2.38. The van der Waals surface area contributed by atoms with Gasteiger partial charge >= 0.3 is 0 Å². The Bertz CT molecular complexity index is 595. The van der Waals surface area contributed by atoms with Crippen molar-refractivity contribution in [1.29, 1.82) is 0 Å². The number of nitrogens with one attached hydrogen (secondary N) is 1. The van der Waals surface area contributed by atoms with Gasteiger partial charge in [0.1, 0.15) is 0 Å². The van der Waals surface area contributed by atoms with Gasteiger partial charge < -0.3 is 10.2 Å². The smallest absolute Gasteiger partial charge is 0.225 e. The second kappa shape index (κ2) is 9.53. The molecule has 3 rings (SSSR count). The van der Waals surface area contributed by atoms with Crippen molar-refractivity contribution in [3.8, 4) is 0 Å². The molecule has 1 aliphatic rings. The molecule has 1 unspecified atom stereocenters. The number of carbonyl (C=O) groups excluding carboxylic acids is 1. The van der Waals surface area contributed by atoms with Gasteiger partial charge in [-0.25, -0.2) is 0 Å². The average molecular weight is 386 g/mol. The van der Waals surface area contributed by atoms with Crippen LogP contribution in [0.3, 0.4) is 0 Å². The quantitative estimate of drug-likeness (QED) is 0.830. The van der Waals surface area contributed by atoms with Crippen molar-refractivity contribution in [3.63, 3.8) is 0 Å². The molecule has 0 saturated carbocycles. The Kier molecular flexibility index (Phi) is 7.71. The van der Waals surface area contributed by atoms with Crippen molar-refractivity contribution in [2.75, 3.05) is 39.8 Å². The maximum Gasteiger partial charge on any atom is 0.225 e. The summed E-state index contributed by atoms with van der Waals surface area (Å²) in [6, 6.07) is 6.47. The van der Waals surface area contributed by atoms with Gasteiger partial charge in [-0.15, -0.1) is 23.7 Å². The Morgan fingerprint density at radius 1 is 1.25 bits per heavy atom. The van der Waals surface area contributed by atoms with Gasteiger partial charge in [-0.3, -0.25) is 9.69 Å². The molecule has 1 fully saturated rings. The molecule has 0 radical (unpaired) electrons. The van der Waals surface area contributed by atoms with E-state index in [-0.39, 0.29) is 24.4 Å². The lowest BCUT2D eigenvalue weighted by atomic mass is 10.1. The van der Waals surface area contributed by atoms with Crippen LogP contribution in [-0.4, -0.2) is 55.5 Å². The van der Waals surface area contributed by atoms with E-state index in [0.29, 0.717) is 13.0 Å². The first-order valence-corrected chi connectivity index (χ1v) is 9.78. The van der Waals surface area contributed by atoms with E-state index < -0.39 is 0 Å². The van der Waals surface area contributed by atoms with E-state index in [2.05, 4.69) is 39.0 Å². The molecular formula is C17H24ClN3OS2. The number of halogens is 1. The zero-order chi connectivity index (χ0) is 16.1. The lowest BCUT2D eigenvalue weighted by molar-refractivity contribution is -0.120. The Balaban J connectivity index is 0.00000208. The van der Waals surface area contributed by atoms with Crippen LogP contribution in [0.1, 0.15) is 16.5 Å². The van der Waals surface area contributed by atoms with E-state index >= 15 is 0 Å². The molecule has 0 spiro atoms. The lowest BCUT2D eigenvalue weighted by Crippen LogP contribution is -2.48. The third kappa shape index (κ3) is 5.29. The van der Waals surface area contributed by atoms with Crippen molar-refractivity contribution < 1.29 is 4.79 Å². The number of likely N-dealkylation sites (N-methyl/N-ethyl adjacent to an activating group) is 1. The molecule has 0 bridgehead atoms. The van der Waals surface area contributed by atoms with Gasteiger partial charge in [0, 0.05) is 37.6 Å². The predicted octanol–water partition coefficient (Wildman–Crippen LogP) is 2.88. The SMILES string of the molecule is CN1CCN(C(CNC(=O)Cc2cccs2)c2ccsc2)CC1.Cl. The Labute approximate surface area is 157 Å². The molecule has 0 aliphatic carbocycles. The minimum absolute atomic E-state index is 0. The predicted molar refractivity (Wildman–Crippen MR) is 104 cm³/mol. The summed E-state index contributed by atoms with van der Waals surface area (Å²) in [5, 5.41) is 9.47. The van der Waals surface area contributed by atoms with E-state index in [1.54, 1.807) is 22.7 Å². The Hall–Kier alpha value is -0.920. The maximum absolute atomic E-state index is 12.2. The van der Waals surface area contributed by atoms with E-state index in [9.17, 15) is 4.79 Å². The number of thiophene rings is 2. The molecule has 7 heteroatoms. The van der Waals surface area contributed by atoms with Gasteiger partial charge in [0.2, 0.25) is 5.91 Å². The molecule has 24 heavy (non-hydrogen) atoms. The molecular weight excluding hydrogens is 362 g/mol. The van der Waals surface area contributed by atoms with Gasteiger partial charge in [-0.1, -0.05) is 6.07 Å². The van der Waals surface area contributed by atoms with Crippen LogP contribution in [0.5, 0.6) is 0 Å². The molecule has 4 nitrogen and oxygen atoms in total. The fourth-order valence-corrected chi connectivity index (χ4v) is 4.31. The highest BCUT2D eigenvalue weighted by atomic mass is 35.5. The molecule has 132 valence electrons. The fourth-order valence-electron chi connectivity index (χ4n) is 2.90. The monoisotopic (exact) mass is 385 g/mol. The topological polar surface area (TPSA) is 35.6 Å². The first-order chi connectivity index (χ1) is 11.2. The zero-order valence-electron chi connectivity index (χ0n) is 13.8. The van der Waals surface area contributed by atoms with Crippen LogP contribution in [0.25, 0.3) is 0 Å². The number of amides is 1. The number of carbonyl (C=O) groups is 1. The average Bonchev–Trinajstić information content (AvgIpc) is 3.23. The summed E-state index contributed by atoms with van der Waals surface area (Å²) >= 11 is 3.36. The van der Waals surface area contributed by atoms with E-state index in [0.717, 1.165) is 31.1 Å². The van der Waals surface area contributed by atoms with Crippen LogP contribution in [0.2, 0.25) is 0 Å². The Morgan fingerprint density at radius 2 is 2.04 bits per heavy atom. The molecule has 3 heterocycles. The molecule has 1 amide bonds. The first kappa shape index (κ1) is 19.4. The summed E-state index contributed by atoms with van der Waals surface area (Å²) in [7, 11) is 2.17. The minimum atomic E-state index is 0. The summed E-state index contributed by atoms with van der Waals surface area (Å²) in [6.07, 6.45) is 0.483. The highest BCUT2D eigenvalue weighted by Crippen LogP contribution is 2.23. The van der Waals surface area contributed by atoms with Gasteiger partial charge in [-0.05, 0) is 40.9 Å². The highest BCUT2D eigenvalue weighted by molar-refractivity contribution is 7.10. The molecule has 0 aromatic carbocycles. The summed E-state index contributed by atoms with van der Waals surface area (Å²) in [5.41, 5.74) is 1.32. The van der Waals surface area contributed by atoms with Crippen LogP contribution in [-0.2, 0) is 11.2 Å². The van der Waals surface area contributed by atoms with Crippen LogP contribution < -0.4 is 5.32 Å². The van der Waals surface area contributed by atoms with E-state index in [4.69, 9.17) is 0 Å². The van der Waals surface area contributed by atoms with Crippen molar-refractivity contribution in [1.82, 2.24) is 15.1 Å². The number of piperazine rings is 1. The van der Waals surface area contributed by atoms with Crippen LogP contribution in [0.15, 0.2) is 34.3 Å². The normalized spacial score (nSPS) is 17.2. The molecule has 1 N–H and O–H groups in total. The molecule has 2 aromatic heterocycles. The second-order valence-electron chi connectivity index (χ2n) is 5.97. The third-order valence-corrected chi connectivity index (χ3v) is 5.89. The Morgan fingerprint density at radius 3 is 2.67 bits per heavy atom. The fraction of sp³-hybridized carbons (Fsp3) is 0.471. The summed E-state index contributed by atoms with van der Waals surface area (Å²) in [5.74, 6) is 0.113. The molecule has 2 aromatic rings. The zero-order valence-corrected chi connectivity index (χ0v) is 16.3. The van der Waals surface area contributed by atoms with Gasteiger partial charge in [0.05, 0.1) is 12.5 Å². The molecule has 1 atom stereocenters. The van der Waals surface area contributed by atoms with Crippen LogP contribution in [0, 0.1) is 0 Å². The van der Waals surface area contributed by atoms with Crippen molar-refractivity contribution in [3.05, 3.63) is 44.8 Å². The van der Waals surface area contributed by atoms with Gasteiger partial charge in [0.15, 0.2) is 0 Å². The number of rotatable bonds is 6. The highest BCUT2D eigenvalue weighted by Gasteiger charge is 2.24. The van der Waals surface area contributed by atoms with Gasteiger partial charge in [-0.2, -0.15) is 11.3 Å². The number of hydrogen-bond acceptors (Lipinski definition) is 5. The van der Waals surface area contributed by atoms with E-state index in [1.807, 2.05) is 17.5 Å². The standard InChI is InChI=1S/C17H23N3OS2.ClH/c1-19-5-7-20(8-6-19)16(14-4-10-22-13-14)12-18-17(21)11-15-3-2-9-23-15;/h2-4,9-10,13,16H,5-8,11-12H2,1H3,(H,18,21);1H. The molecule has 1 saturated heterocycles. The number of nitrogens with zero attached hydrogens (tertiary/aromatic N) is 2. The van der Waals surface area contributed by atoms with Crippen molar-refractivity contribution in [2.45, 2.75) is 12.5 Å². The van der Waals surface area contributed by atoms with Crippen LogP contribution >= 0.6 is 35.1 Å². The maximum atomic E-state index is 12.2. The summed E-state index contributed by atoms with van der Waals surface area (Å²) in [6.45, 7) is 4.97.